The summed E-state index contributed by atoms with van der Waals surface area (Å²) >= 11 is 0. The Morgan fingerprint density at radius 3 is 2.03 bits per heavy atom. The first-order valence-corrected chi connectivity index (χ1v) is 11.2. The number of hydrogen-bond donors (Lipinski definition) is 1. The molecule has 1 N–H and O–H groups in total. The average Bonchev–Trinajstić information content (AvgIpc) is 3.05. The van der Waals surface area contributed by atoms with Crippen molar-refractivity contribution in [2.24, 2.45) is 0 Å². The molecule has 0 atom stereocenters. The normalized spacial score (nSPS) is 13.9. The third-order valence-corrected chi connectivity index (χ3v) is 6.15. The van der Waals surface area contributed by atoms with Crippen LogP contribution in [0.4, 0.5) is 11.4 Å². The van der Waals surface area contributed by atoms with Gasteiger partial charge in [-0.25, -0.2) is 4.90 Å². The van der Waals surface area contributed by atoms with Gasteiger partial charge in [-0.3, -0.25) is 9.59 Å². The molecule has 0 spiro atoms. The maximum Gasteiger partial charge on any atom is 0.282 e. The van der Waals surface area contributed by atoms with Crippen molar-refractivity contribution in [3.63, 3.8) is 0 Å². The van der Waals surface area contributed by atoms with E-state index in [9.17, 15) is 9.59 Å². The predicted octanol–water partition coefficient (Wildman–Crippen LogP) is 5.87. The first kappa shape index (κ1) is 23.0. The molecule has 3 aromatic rings. The van der Waals surface area contributed by atoms with Gasteiger partial charge in [0.1, 0.15) is 5.70 Å². The van der Waals surface area contributed by atoms with Gasteiger partial charge in [0.15, 0.2) is 0 Å². The average molecular weight is 450 g/mol. The number of carbonyl (C=O) groups is 2. The van der Waals surface area contributed by atoms with Crippen molar-refractivity contribution in [1.82, 2.24) is 0 Å². The van der Waals surface area contributed by atoms with Crippen LogP contribution in [0.2, 0.25) is 0 Å². The van der Waals surface area contributed by atoms with E-state index in [0.29, 0.717) is 22.4 Å². The second-order valence-electron chi connectivity index (χ2n) is 9.61. The van der Waals surface area contributed by atoms with Crippen LogP contribution in [-0.4, -0.2) is 11.8 Å². The first-order chi connectivity index (χ1) is 16.1. The number of nitrogens with one attached hydrogen (secondary N) is 1. The molecular weight excluding hydrogens is 422 g/mol. The summed E-state index contributed by atoms with van der Waals surface area (Å²) in [5.74, 6) is -0.824. The molecule has 170 valence electrons. The molecule has 0 saturated heterocycles. The molecule has 5 heteroatoms. The highest BCUT2D eigenvalue weighted by Gasteiger charge is 2.40. The van der Waals surface area contributed by atoms with Gasteiger partial charge >= 0.3 is 0 Å². The molecule has 0 saturated carbocycles. The maximum absolute atomic E-state index is 13.6. The number of benzene rings is 3. The quantitative estimate of drug-likeness (QED) is 0.506. The minimum absolute atomic E-state index is 0.00785. The number of amides is 2. The highest BCUT2D eigenvalue weighted by Crippen LogP contribution is 2.35. The van der Waals surface area contributed by atoms with E-state index >= 15 is 0 Å². The number of rotatable bonds is 4. The largest absolute Gasteiger partial charge is 0.350 e. The zero-order chi connectivity index (χ0) is 24.6. The number of anilines is 2. The summed E-state index contributed by atoms with van der Waals surface area (Å²) in [6.07, 6.45) is 0. The molecule has 1 heterocycles. The third-order valence-electron chi connectivity index (χ3n) is 6.15. The van der Waals surface area contributed by atoms with Crippen LogP contribution in [-0.2, 0) is 15.0 Å². The fourth-order valence-corrected chi connectivity index (χ4v) is 3.93. The molecule has 0 radical (unpaired) electrons. The van der Waals surface area contributed by atoms with Crippen molar-refractivity contribution < 1.29 is 9.59 Å². The fraction of sp³-hybridized carbons (Fsp3) is 0.207. The Labute approximate surface area is 200 Å². The van der Waals surface area contributed by atoms with Crippen LogP contribution in [0.15, 0.2) is 72.4 Å². The Bertz CT molecular complexity index is 1350. The smallest absolute Gasteiger partial charge is 0.282 e. The van der Waals surface area contributed by atoms with Crippen LogP contribution < -0.4 is 10.2 Å². The van der Waals surface area contributed by atoms with Crippen LogP contribution >= 0.6 is 0 Å². The van der Waals surface area contributed by atoms with Crippen molar-refractivity contribution >= 4 is 28.8 Å². The third kappa shape index (κ3) is 4.23. The van der Waals surface area contributed by atoms with Crippen LogP contribution in [0.5, 0.6) is 0 Å². The zero-order valence-electron chi connectivity index (χ0n) is 20.1. The molecule has 3 aromatic carbocycles. The molecule has 0 aromatic heterocycles. The summed E-state index contributed by atoms with van der Waals surface area (Å²) in [5.41, 5.74) is 6.20. The number of nitrogens with zero attached hydrogens (tertiary/aromatic N) is 2. The van der Waals surface area contributed by atoms with Gasteiger partial charge in [0.25, 0.3) is 11.8 Å². The predicted molar refractivity (Wildman–Crippen MR) is 135 cm³/mol. The molecule has 34 heavy (non-hydrogen) atoms. The van der Waals surface area contributed by atoms with Crippen molar-refractivity contribution in [3.05, 3.63) is 100 Å². The van der Waals surface area contributed by atoms with E-state index in [4.69, 9.17) is 5.26 Å². The Kier molecular flexibility index (Phi) is 5.85. The first-order valence-electron chi connectivity index (χ1n) is 11.2. The Balaban J connectivity index is 1.79. The van der Waals surface area contributed by atoms with E-state index in [-0.39, 0.29) is 11.1 Å². The lowest BCUT2D eigenvalue weighted by atomic mass is 9.87. The number of nitriles is 1. The van der Waals surface area contributed by atoms with E-state index in [1.165, 1.54) is 5.56 Å². The molecule has 5 nitrogen and oxygen atoms in total. The summed E-state index contributed by atoms with van der Waals surface area (Å²) in [4.78, 5) is 28.3. The Morgan fingerprint density at radius 2 is 1.47 bits per heavy atom. The number of carbonyl (C=O) groups excluding carboxylic acids is 2. The van der Waals surface area contributed by atoms with Crippen molar-refractivity contribution in [2.75, 3.05) is 10.2 Å². The highest BCUT2D eigenvalue weighted by molar-refractivity contribution is 6.46. The van der Waals surface area contributed by atoms with Crippen LogP contribution in [0.1, 0.15) is 48.6 Å². The maximum atomic E-state index is 13.6. The summed E-state index contributed by atoms with van der Waals surface area (Å²) in [6.45, 7) is 10.4. The molecule has 0 unspecified atom stereocenters. The lowest BCUT2D eigenvalue weighted by Gasteiger charge is -2.19. The van der Waals surface area contributed by atoms with E-state index in [0.717, 1.165) is 21.7 Å². The molecule has 1 aliphatic heterocycles. The van der Waals surface area contributed by atoms with Gasteiger partial charge in [0, 0.05) is 5.69 Å². The minimum Gasteiger partial charge on any atom is -0.350 e. The topological polar surface area (TPSA) is 73.2 Å². The van der Waals surface area contributed by atoms with Gasteiger partial charge < -0.3 is 5.32 Å². The number of aryl methyl sites for hydroxylation is 2. The standard InChI is InChI=1S/C29H27N3O2/c1-18-6-9-21(16-19(18)2)25-26(31-23-12-10-22(11-13-23)29(3,4)5)28(34)32(27(25)33)24-14-7-20(17-30)8-15-24/h6-16,31H,1-5H3. The van der Waals surface area contributed by atoms with Crippen molar-refractivity contribution in [1.29, 1.82) is 5.26 Å². The van der Waals surface area contributed by atoms with Crippen LogP contribution in [0, 0.1) is 25.2 Å². The van der Waals surface area contributed by atoms with Gasteiger partial charge in [0.2, 0.25) is 0 Å². The van der Waals surface area contributed by atoms with Gasteiger partial charge in [-0.15, -0.1) is 0 Å². The SMILES string of the molecule is Cc1ccc(C2=C(Nc3ccc(C(C)(C)C)cc3)C(=O)N(c3ccc(C#N)cc3)C2=O)cc1C. The van der Waals surface area contributed by atoms with Gasteiger partial charge in [-0.2, -0.15) is 5.26 Å². The second kappa shape index (κ2) is 8.64. The zero-order valence-corrected chi connectivity index (χ0v) is 20.1. The lowest BCUT2D eigenvalue weighted by Crippen LogP contribution is -2.32. The molecule has 0 fully saturated rings. The molecule has 4 rings (SSSR count). The Morgan fingerprint density at radius 1 is 0.824 bits per heavy atom. The lowest BCUT2D eigenvalue weighted by molar-refractivity contribution is -0.120. The highest BCUT2D eigenvalue weighted by atomic mass is 16.2. The van der Waals surface area contributed by atoms with E-state index in [1.54, 1.807) is 24.3 Å². The monoisotopic (exact) mass is 449 g/mol. The van der Waals surface area contributed by atoms with Crippen LogP contribution in [0.3, 0.4) is 0 Å². The van der Waals surface area contributed by atoms with Gasteiger partial charge in [-0.05, 0) is 77.9 Å². The van der Waals surface area contributed by atoms with Gasteiger partial charge in [0.05, 0.1) is 22.9 Å². The number of hydrogen-bond acceptors (Lipinski definition) is 4. The Hall–Kier alpha value is -4.17. The fourth-order valence-electron chi connectivity index (χ4n) is 3.93. The van der Waals surface area contributed by atoms with E-state index in [1.807, 2.05) is 56.3 Å². The molecule has 2 amide bonds. The molecule has 1 aliphatic rings. The molecule has 0 bridgehead atoms. The van der Waals surface area contributed by atoms with Crippen molar-refractivity contribution in [3.8, 4) is 6.07 Å². The van der Waals surface area contributed by atoms with E-state index < -0.39 is 11.8 Å². The summed E-state index contributed by atoms with van der Waals surface area (Å²) in [6, 6.07) is 22.2. The van der Waals surface area contributed by atoms with Gasteiger partial charge in [-0.1, -0.05) is 51.1 Å². The molecular formula is C29H27N3O2. The van der Waals surface area contributed by atoms with Crippen LogP contribution in [0.25, 0.3) is 5.57 Å². The summed E-state index contributed by atoms with van der Waals surface area (Å²) < 4.78 is 0. The summed E-state index contributed by atoms with van der Waals surface area (Å²) in [5, 5.41) is 12.3. The summed E-state index contributed by atoms with van der Waals surface area (Å²) in [7, 11) is 0. The van der Waals surface area contributed by atoms with E-state index in [2.05, 4.69) is 32.2 Å². The molecule has 0 aliphatic carbocycles. The number of imide groups is 1. The second-order valence-corrected chi connectivity index (χ2v) is 9.61. The minimum atomic E-state index is -0.428. The van der Waals surface area contributed by atoms with Crippen molar-refractivity contribution in [2.45, 2.75) is 40.0 Å².